The molecule has 0 bridgehead atoms. The van der Waals surface area contributed by atoms with Crippen LogP contribution in [0.25, 0.3) is 0 Å². The Morgan fingerprint density at radius 3 is 2.89 bits per heavy atom. The fourth-order valence-corrected chi connectivity index (χ4v) is 3.74. The van der Waals surface area contributed by atoms with Gasteiger partial charge in [0.25, 0.3) is 0 Å². The summed E-state index contributed by atoms with van der Waals surface area (Å²) in [6, 6.07) is 5.16. The third-order valence-electron chi connectivity index (χ3n) is 3.43. The summed E-state index contributed by atoms with van der Waals surface area (Å²) in [5, 5.41) is 0.800. The van der Waals surface area contributed by atoms with E-state index in [-0.39, 0.29) is 5.82 Å². The van der Waals surface area contributed by atoms with Gasteiger partial charge in [0.1, 0.15) is 5.82 Å². The third kappa shape index (κ3) is 4.25. The second-order valence-corrected chi connectivity index (χ2v) is 6.90. The summed E-state index contributed by atoms with van der Waals surface area (Å²) in [7, 11) is 0. The molecule has 1 fully saturated rings. The lowest BCUT2D eigenvalue weighted by Gasteiger charge is -2.20. The average molecular weight is 332 g/mol. The zero-order chi connectivity index (χ0) is 13.0. The zero-order valence-electron chi connectivity index (χ0n) is 10.7. The quantitative estimate of drug-likeness (QED) is 0.812. The molecule has 1 aromatic rings. The van der Waals surface area contributed by atoms with Crippen LogP contribution >= 0.6 is 27.7 Å². The van der Waals surface area contributed by atoms with Gasteiger partial charge < -0.3 is 0 Å². The highest BCUT2D eigenvalue weighted by Gasteiger charge is 2.16. The lowest BCUT2D eigenvalue weighted by molar-refractivity contribution is 0.277. The molecule has 100 valence electrons. The molecule has 1 aromatic carbocycles. The first-order valence-corrected chi connectivity index (χ1v) is 8.45. The van der Waals surface area contributed by atoms with Crippen molar-refractivity contribution in [2.24, 2.45) is 0 Å². The van der Waals surface area contributed by atoms with E-state index in [1.54, 1.807) is 6.07 Å². The van der Waals surface area contributed by atoms with Gasteiger partial charge in [-0.1, -0.05) is 15.9 Å². The summed E-state index contributed by atoms with van der Waals surface area (Å²) in [5.41, 5.74) is 1.06. The Morgan fingerprint density at radius 2 is 2.17 bits per heavy atom. The molecule has 0 radical (unpaired) electrons. The number of hydrogen-bond acceptors (Lipinski definition) is 2. The van der Waals surface area contributed by atoms with Gasteiger partial charge >= 0.3 is 0 Å². The predicted molar refractivity (Wildman–Crippen MR) is 80.5 cm³/mol. The van der Waals surface area contributed by atoms with Crippen LogP contribution in [0.5, 0.6) is 0 Å². The Hall–Kier alpha value is -0.0600. The van der Waals surface area contributed by atoms with Gasteiger partial charge in [0.15, 0.2) is 0 Å². The van der Waals surface area contributed by atoms with E-state index in [0.29, 0.717) is 0 Å². The first-order chi connectivity index (χ1) is 8.67. The van der Waals surface area contributed by atoms with E-state index in [9.17, 15) is 4.39 Å². The van der Waals surface area contributed by atoms with E-state index in [4.69, 9.17) is 0 Å². The monoisotopic (exact) mass is 331 g/mol. The van der Waals surface area contributed by atoms with Gasteiger partial charge in [-0.25, -0.2) is 4.39 Å². The molecule has 0 aliphatic carbocycles. The van der Waals surface area contributed by atoms with E-state index in [2.05, 4.69) is 27.1 Å². The fourth-order valence-electron chi connectivity index (χ4n) is 2.48. The molecular formula is C14H19BrFNS. The first-order valence-electron chi connectivity index (χ1n) is 6.37. The number of halogens is 2. The van der Waals surface area contributed by atoms with Gasteiger partial charge in [0.2, 0.25) is 0 Å². The van der Waals surface area contributed by atoms with Crippen LogP contribution in [0.1, 0.15) is 24.8 Å². The van der Waals surface area contributed by atoms with E-state index >= 15 is 0 Å². The minimum absolute atomic E-state index is 0.156. The molecule has 18 heavy (non-hydrogen) atoms. The molecule has 0 N–H and O–H groups in total. The molecule has 1 aliphatic rings. The number of rotatable bonds is 3. The molecule has 0 aromatic heterocycles. The van der Waals surface area contributed by atoms with E-state index < -0.39 is 0 Å². The van der Waals surface area contributed by atoms with Crippen molar-refractivity contribution >= 4 is 27.7 Å². The number of thioether (sulfide) groups is 1. The highest BCUT2D eigenvalue weighted by atomic mass is 79.9. The molecule has 0 saturated carbocycles. The number of likely N-dealkylation sites (tertiary alicyclic amines) is 1. The van der Waals surface area contributed by atoms with Crippen LogP contribution in [0.2, 0.25) is 0 Å². The van der Waals surface area contributed by atoms with Crippen LogP contribution in [0.3, 0.4) is 0 Å². The smallest absolute Gasteiger partial charge is 0.124 e. The van der Waals surface area contributed by atoms with Crippen molar-refractivity contribution in [1.82, 2.24) is 4.90 Å². The number of hydrogen-bond donors (Lipinski definition) is 0. The molecule has 1 nitrogen and oxygen atoms in total. The lowest BCUT2D eigenvalue weighted by Crippen LogP contribution is -2.24. The first kappa shape index (κ1) is 14.4. The standard InChI is InChI=1S/C14H19BrFNS/c1-18-14-3-2-5-17(6-4-14)10-11-7-12(15)9-13(16)8-11/h7-9,14H,2-6,10H2,1H3. The Kier molecular flexibility index (Phi) is 5.52. The summed E-state index contributed by atoms with van der Waals surface area (Å²) in [4.78, 5) is 2.44. The lowest BCUT2D eigenvalue weighted by atomic mass is 10.2. The molecule has 4 heteroatoms. The molecule has 1 aliphatic heterocycles. The number of benzene rings is 1. The molecule has 0 amide bonds. The van der Waals surface area contributed by atoms with Crippen molar-refractivity contribution in [3.8, 4) is 0 Å². The summed E-state index contributed by atoms with van der Waals surface area (Å²) in [6.07, 6.45) is 6.01. The largest absolute Gasteiger partial charge is 0.299 e. The van der Waals surface area contributed by atoms with E-state index in [0.717, 1.165) is 34.9 Å². The second kappa shape index (κ2) is 6.92. The van der Waals surface area contributed by atoms with Crippen molar-refractivity contribution in [3.63, 3.8) is 0 Å². The van der Waals surface area contributed by atoms with Gasteiger partial charge in [0.05, 0.1) is 0 Å². The van der Waals surface area contributed by atoms with Crippen molar-refractivity contribution in [1.29, 1.82) is 0 Å². The van der Waals surface area contributed by atoms with Crippen LogP contribution < -0.4 is 0 Å². The molecule has 2 rings (SSSR count). The topological polar surface area (TPSA) is 3.24 Å². The zero-order valence-corrected chi connectivity index (χ0v) is 13.1. The SMILES string of the molecule is CSC1CCCN(Cc2cc(F)cc(Br)c2)CC1. The van der Waals surface area contributed by atoms with E-state index in [1.807, 2.05) is 17.8 Å². The Bertz CT molecular complexity index is 379. The minimum Gasteiger partial charge on any atom is -0.299 e. The number of nitrogens with zero attached hydrogens (tertiary/aromatic N) is 1. The normalized spacial score (nSPS) is 21.8. The maximum Gasteiger partial charge on any atom is 0.124 e. The summed E-state index contributed by atoms with van der Waals surface area (Å²) >= 11 is 5.33. The second-order valence-electron chi connectivity index (χ2n) is 4.84. The summed E-state index contributed by atoms with van der Waals surface area (Å²) < 4.78 is 14.2. The van der Waals surface area contributed by atoms with Crippen LogP contribution in [0, 0.1) is 5.82 Å². The fraction of sp³-hybridized carbons (Fsp3) is 0.571. The third-order valence-corrected chi connectivity index (χ3v) is 5.03. The molecular weight excluding hydrogens is 313 g/mol. The van der Waals surface area contributed by atoms with Crippen LogP contribution in [-0.2, 0) is 6.54 Å². The maximum absolute atomic E-state index is 13.3. The van der Waals surface area contributed by atoms with Crippen LogP contribution in [0.15, 0.2) is 22.7 Å². The van der Waals surface area contributed by atoms with Gasteiger partial charge in [-0.15, -0.1) is 0 Å². The van der Waals surface area contributed by atoms with Crippen LogP contribution in [0.4, 0.5) is 4.39 Å². The molecule has 1 saturated heterocycles. The highest BCUT2D eigenvalue weighted by Crippen LogP contribution is 2.23. The Labute approximate surface area is 121 Å². The van der Waals surface area contributed by atoms with Gasteiger partial charge in [-0.2, -0.15) is 11.8 Å². The summed E-state index contributed by atoms with van der Waals surface area (Å²) in [5.74, 6) is -0.156. The molecule has 1 unspecified atom stereocenters. The Balaban J connectivity index is 1.96. The Morgan fingerprint density at radius 1 is 1.33 bits per heavy atom. The maximum atomic E-state index is 13.3. The van der Waals surface area contributed by atoms with Gasteiger partial charge in [0, 0.05) is 16.3 Å². The molecule has 1 atom stereocenters. The minimum atomic E-state index is -0.156. The average Bonchev–Trinajstić information content (AvgIpc) is 2.53. The highest BCUT2D eigenvalue weighted by molar-refractivity contribution is 9.10. The van der Waals surface area contributed by atoms with Crippen molar-refractivity contribution in [2.45, 2.75) is 31.1 Å². The van der Waals surface area contributed by atoms with E-state index in [1.165, 1.54) is 25.3 Å². The molecule has 0 spiro atoms. The van der Waals surface area contributed by atoms with Gasteiger partial charge in [-0.05, 0) is 62.4 Å². The van der Waals surface area contributed by atoms with Crippen molar-refractivity contribution in [3.05, 3.63) is 34.1 Å². The van der Waals surface area contributed by atoms with Gasteiger partial charge in [-0.3, -0.25) is 4.90 Å². The summed E-state index contributed by atoms with van der Waals surface area (Å²) in [6.45, 7) is 3.11. The van der Waals surface area contributed by atoms with Crippen molar-refractivity contribution < 1.29 is 4.39 Å². The van der Waals surface area contributed by atoms with Crippen molar-refractivity contribution in [2.75, 3.05) is 19.3 Å². The predicted octanol–water partition coefficient (Wildman–Crippen LogP) is 4.31. The van der Waals surface area contributed by atoms with Crippen LogP contribution in [-0.4, -0.2) is 29.5 Å². The molecule has 1 heterocycles.